The highest BCUT2D eigenvalue weighted by Gasteiger charge is 2.06. The molecule has 3 aromatic rings. The molecule has 3 rings (SSSR count). The van der Waals surface area contributed by atoms with E-state index in [1.54, 1.807) is 30.5 Å². The summed E-state index contributed by atoms with van der Waals surface area (Å²) in [5.74, 6) is 1.66. The van der Waals surface area contributed by atoms with Crippen molar-refractivity contribution in [1.82, 2.24) is 4.98 Å². The lowest BCUT2D eigenvalue weighted by atomic mass is 10.2. The lowest BCUT2D eigenvalue weighted by molar-refractivity contribution is -0.118. The number of amides is 1. The molecule has 0 aliphatic heterocycles. The van der Waals surface area contributed by atoms with Crippen LogP contribution in [-0.4, -0.2) is 17.5 Å². The van der Waals surface area contributed by atoms with Gasteiger partial charge in [0.15, 0.2) is 6.61 Å². The van der Waals surface area contributed by atoms with Crippen LogP contribution in [0.25, 0.3) is 0 Å². The van der Waals surface area contributed by atoms with Gasteiger partial charge in [0.05, 0.1) is 0 Å². The number of anilines is 1. The predicted octanol–water partition coefficient (Wildman–Crippen LogP) is 4.51. The summed E-state index contributed by atoms with van der Waals surface area (Å²) < 4.78 is 11.2. The normalized spacial score (nSPS) is 10.2. The van der Waals surface area contributed by atoms with E-state index in [9.17, 15) is 4.79 Å². The molecule has 1 amide bonds. The Balaban J connectivity index is 1.52. The van der Waals surface area contributed by atoms with Gasteiger partial charge in [-0.15, -0.1) is 0 Å². The van der Waals surface area contributed by atoms with Crippen molar-refractivity contribution in [2.45, 2.75) is 13.8 Å². The number of carbonyl (C=O) groups is 1. The number of rotatable bonds is 6. The molecule has 0 aliphatic carbocycles. The Morgan fingerprint density at radius 1 is 1.00 bits per heavy atom. The highest BCUT2D eigenvalue weighted by molar-refractivity contribution is 5.91. The summed E-state index contributed by atoms with van der Waals surface area (Å²) in [5.41, 5.74) is 2.74. The standard InChI is InChI=1S/C21H20N2O3/c1-15-7-12-21(22-13-15)26-18-10-8-17(9-11-18)23-20(24)14-25-19-6-4-3-5-16(19)2/h3-13H,14H2,1-2H3,(H,23,24). The lowest BCUT2D eigenvalue weighted by Gasteiger charge is -2.10. The minimum Gasteiger partial charge on any atom is -0.483 e. The van der Waals surface area contributed by atoms with Crippen molar-refractivity contribution < 1.29 is 14.3 Å². The zero-order valence-corrected chi connectivity index (χ0v) is 14.7. The van der Waals surface area contributed by atoms with Crippen LogP contribution in [0.15, 0.2) is 66.9 Å². The van der Waals surface area contributed by atoms with Gasteiger partial charge in [0, 0.05) is 18.0 Å². The average Bonchev–Trinajstić information content (AvgIpc) is 2.64. The van der Waals surface area contributed by atoms with Crippen LogP contribution in [0.2, 0.25) is 0 Å². The number of nitrogens with zero attached hydrogens (tertiary/aromatic N) is 1. The molecule has 0 saturated heterocycles. The quantitative estimate of drug-likeness (QED) is 0.712. The zero-order chi connectivity index (χ0) is 18.4. The zero-order valence-electron chi connectivity index (χ0n) is 14.7. The highest BCUT2D eigenvalue weighted by atomic mass is 16.5. The Hall–Kier alpha value is -3.34. The molecule has 0 atom stereocenters. The first kappa shape index (κ1) is 17.5. The number of aromatic nitrogens is 1. The van der Waals surface area contributed by atoms with E-state index in [1.165, 1.54) is 0 Å². The fourth-order valence-electron chi connectivity index (χ4n) is 2.30. The number of carbonyl (C=O) groups excluding carboxylic acids is 1. The van der Waals surface area contributed by atoms with Crippen molar-refractivity contribution in [3.8, 4) is 17.4 Å². The van der Waals surface area contributed by atoms with Crippen LogP contribution < -0.4 is 14.8 Å². The molecule has 0 bridgehead atoms. The van der Waals surface area contributed by atoms with Gasteiger partial charge in [-0.1, -0.05) is 24.3 Å². The second-order valence-corrected chi connectivity index (χ2v) is 5.90. The number of benzene rings is 2. The summed E-state index contributed by atoms with van der Waals surface area (Å²) in [6.07, 6.45) is 1.75. The molecule has 0 spiro atoms. The maximum Gasteiger partial charge on any atom is 0.262 e. The Morgan fingerprint density at radius 3 is 2.46 bits per heavy atom. The molecule has 5 nitrogen and oxygen atoms in total. The first-order valence-corrected chi connectivity index (χ1v) is 8.29. The molecule has 1 heterocycles. The van der Waals surface area contributed by atoms with Gasteiger partial charge in [0.2, 0.25) is 5.88 Å². The van der Waals surface area contributed by atoms with Gasteiger partial charge in [0.1, 0.15) is 11.5 Å². The Kier molecular flexibility index (Phi) is 5.49. The fraction of sp³-hybridized carbons (Fsp3) is 0.143. The van der Waals surface area contributed by atoms with Crippen molar-refractivity contribution in [2.75, 3.05) is 11.9 Å². The second-order valence-electron chi connectivity index (χ2n) is 5.90. The van der Waals surface area contributed by atoms with E-state index in [-0.39, 0.29) is 12.5 Å². The molecule has 1 N–H and O–H groups in total. The number of ether oxygens (including phenoxy) is 2. The van der Waals surface area contributed by atoms with Gasteiger partial charge in [-0.2, -0.15) is 0 Å². The van der Waals surface area contributed by atoms with Crippen molar-refractivity contribution in [2.24, 2.45) is 0 Å². The highest BCUT2D eigenvalue weighted by Crippen LogP contribution is 2.21. The van der Waals surface area contributed by atoms with E-state index in [2.05, 4.69) is 10.3 Å². The molecule has 0 unspecified atom stereocenters. The summed E-state index contributed by atoms with van der Waals surface area (Å²) in [7, 11) is 0. The topological polar surface area (TPSA) is 60.5 Å². The van der Waals surface area contributed by atoms with Crippen molar-refractivity contribution >= 4 is 11.6 Å². The van der Waals surface area contributed by atoms with Crippen LogP contribution >= 0.6 is 0 Å². The summed E-state index contributed by atoms with van der Waals surface area (Å²) >= 11 is 0. The largest absolute Gasteiger partial charge is 0.483 e. The third-order valence-corrected chi connectivity index (χ3v) is 3.70. The van der Waals surface area contributed by atoms with Crippen LogP contribution in [0.5, 0.6) is 17.4 Å². The summed E-state index contributed by atoms with van der Waals surface area (Å²) in [6, 6.07) is 18.4. The third kappa shape index (κ3) is 4.83. The van der Waals surface area contributed by atoms with Crippen LogP contribution in [0.3, 0.4) is 0 Å². The van der Waals surface area contributed by atoms with Crippen molar-refractivity contribution in [3.05, 3.63) is 78.0 Å². The average molecular weight is 348 g/mol. The van der Waals surface area contributed by atoms with Gasteiger partial charge < -0.3 is 14.8 Å². The summed E-state index contributed by atoms with van der Waals surface area (Å²) in [6.45, 7) is 3.86. The van der Waals surface area contributed by atoms with Crippen LogP contribution in [0, 0.1) is 13.8 Å². The number of aryl methyl sites for hydroxylation is 2. The molecule has 0 aliphatic rings. The van der Waals surface area contributed by atoms with Gasteiger partial charge in [-0.25, -0.2) is 4.98 Å². The first-order valence-electron chi connectivity index (χ1n) is 8.29. The number of pyridine rings is 1. The van der Waals surface area contributed by atoms with Crippen LogP contribution in [0.1, 0.15) is 11.1 Å². The molecule has 0 fully saturated rings. The fourth-order valence-corrected chi connectivity index (χ4v) is 2.30. The van der Waals surface area contributed by atoms with Crippen LogP contribution in [-0.2, 0) is 4.79 Å². The minimum absolute atomic E-state index is 0.0452. The molecule has 0 radical (unpaired) electrons. The molecule has 26 heavy (non-hydrogen) atoms. The number of para-hydroxylation sites is 1. The first-order chi connectivity index (χ1) is 12.6. The van der Waals surface area contributed by atoms with Gasteiger partial charge in [0.25, 0.3) is 5.91 Å². The summed E-state index contributed by atoms with van der Waals surface area (Å²) in [5, 5.41) is 2.80. The minimum atomic E-state index is -0.220. The Morgan fingerprint density at radius 2 is 1.77 bits per heavy atom. The summed E-state index contributed by atoms with van der Waals surface area (Å²) in [4.78, 5) is 16.2. The van der Waals surface area contributed by atoms with E-state index < -0.39 is 0 Å². The van der Waals surface area contributed by atoms with E-state index in [0.717, 1.165) is 11.1 Å². The van der Waals surface area contributed by atoms with Crippen molar-refractivity contribution in [3.63, 3.8) is 0 Å². The monoisotopic (exact) mass is 348 g/mol. The predicted molar refractivity (Wildman–Crippen MR) is 101 cm³/mol. The molecular formula is C21H20N2O3. The van der Waals surface area contributed by atoms with Gasteiger partial charge in [-0.05, 0) is 55.3 Å². The van der Waals surface area contributed by atoms with E-state index >= 15 is 0 Å². The molecule has 5 heteroatoms. The molecular weight excluding hydrogens is 328 g/mol. The van der Waals surface area contributed by atoms with Crippen molar-refractivity contribution in [1.29, 1.82) is 0 Å². The van der Waals surface area contributed by atoms with Gasteiger partial charge in [-0.3, -0.25) is 4.79 Å². The second kappa shape index (κ2) is 8.16. The van der Waals surface area contributed by atoms with E-state index in [0.29, 0.717) is 23.1 Å². The smallest absolute Gasteiger partial charge is 0.262 e. The van der Waals surface area contributed by atoms with Crippen LogP contribution in [0.4, 0.5) is 5.69 Å². The third-order valence-electron chi connectivity index (χ3n) is 3.70. The molecule has 0 saturated carbocycles. The molecule has 132 valence electrons. The number of hydrogen-bond acceptors (Lipinski definition) is 4. The van der Waals surface area contributed by atoms with E-state index in [4.69, 9.17) is 9.47 Å². The Bertz CT molecular complexity index is 875. The molecule has 2 aromatic carbocycles. The molecule has 1 aromatic heterocycles. The maximum absolute atomic E-state index is 12.0. The number of nitrogens with one attached hydrogen (secondary N) is 1. The van der Waals surface area contributed by atoms with Gasteiger partial charge >= 0.3 is 0 Å². The lowest BCUT2D eigenvalue weighted by Crippen LogP contribution is -2.20. The SMILES string of the molecule is Cc1ccc(Oc2ccc(NC(=O)COc3ccccc3C)cc2)nc1. The maximum atomic E-state index is 12.0. The number of hydrogen-bond donors (Lipinski definition) is 1. The Labute approximate surface area is 152 Å². The van der Waals surface area contributed by atoms with E-state index in [1.807, 2.05) is 50.2 Å².